The molecule has 3 N–H and O–H groups in total. The van der Waals surface area contributed by atoms with E-state index in [9.17, 15) is 33.5 Å². The molecule has 2 saturated heterocycles. The van der Waals surface area contributed by atoms with Crippen molar-refractivity contribution in [3.8, 4) is 0 Å². The molecule has 2 fully saturated rings. The second kappa shape index (κ2) is 13.9. The van der Waals surface area contributed by atoms with Crippen LogP contribution in [0, 0.1) is 22.0 Å². The summed E-state index contributed by atoms with van der Waals surface area (Å²) in [4.78, 5) is 28.5. The number of nitro benzene ring substituents is 1. The number of aliphatic hydroxyl groups excluding tert-OH is 1. The molecule has 14 heteroatoms. The van der Waals surface area contributed by atoms with Crippen molar-refractivity contribution < 1.29 is 42.7 Å². The van der Waals surface area contributed by atoms with Gasteiger partial charge in [-0.1, -0.05) is 54.7 Å². The number of nitrogens with zero attached hydrogens (tertiary/aromatic N) is 2. The molecule has 6 atom stereocenters. The summed E-state index contributed by atoms with van der Waals surface area (Å²) in [5.74, 6) is -0.954. The van der Waals surface area contributed by atoms with Gasteiger partial charge in [0.2, 0.25) is 0 Å². The molecule has 0 spiro atoms. The zero-order valence-corrected chi connectivity index (χ0v) is 24.3. The summed E-state index contributed by atoms with van der Waals surface area (Å²) < 4.78 is 40.9. The fraction of sp³-hybridized carbons (Fsp3) is 0.536. The molecule has 0 saturated carbocycles. The SMILES string of the molecule is CCC(CC)ON(C([C@H](O)[C@H](Cc1ccccc1)NC(=O)O)[C@@H]1CO[C@H]2OCC[C@H]21)S(=O)(=O)c1cccc([N+](=O)[O-])c1. The molecule has 4 rings (SSSR count). The van der Waals surface area contributed by atoms with E-state index in [0.29, 0.717) is 31.4 Å². The first-order valence-electron chi connectivity index (χ1n) is 14.0. The Labute approximate surface area is 244 Å². The van der Waals surface area contributed by atoms with E-state index in [-0.39, 0.29) is 18.9 Å². The van der Waals surface area contributed by atoms with Crippen molar-refractivity contribution in [3.05, 3.63) is 70.3 Å². The van der Waals surface area contributed by atoms with E-state index in [1.54, 1.807) is 30.3 Å². The summed E-state index contributed by atoms with van der Waals surface area (Å²) in [7, 11) is -4.64. The van der Waals surface area contributed by atoms with Crippen LogP contribution in [0.4, 0.5) is 10.5 Å². The van der Waals surface area contributed by atoms with Crippen LogP contribution in [0.1, 0.15) is 38.7 Å². The number of hydrogen-bond acceptors (Lipinski definition) is 9. The van der Waals surface area contributed by atoms with Gasteiger partial charge in [-0.3, -0.25) is 15.0 Å². The van der Waals surface area contributed by atoms with E-state index in [4.69, 9.17) is 14.3 Å². The van der Waals surface area contributed by atoms with E-state index >= 15 is 0 Å². The Morgan fingerprint density at radius 3 is 2.52 bits per heavy atom. The van der Waals surface area contributed by atoms with Gasteiger partial charge in [-0.25, -0.2) is 13.2 Å². The van der Waals surface area contributed by atoms with E-state index < -0.39 is 68.1 Å². The number of non-ortho nitro benzene ring substituents is 1. The van der Waals surface area contributed by atoms with Gasteiger partial charge in [0.15, 0.2) is 6.29 Å². The Hall–Kier alpha value is -3.14. The molecule has 0 bridgehead atoms. The van der Waals surface area contributed by atoms with E-state index in [2.05, 4.69) is 5.32 Å². The van der Waals surface area contributed by atoms with Crippen molar-refractivity contribution in [2.24, 2.45) is 11.8 Å². The van der Waals surface area contributed by atoms with Gasteiger partial charge in [0.05, 0.1) is 47.3 Å². The van der Waals surface area contributed by atoms with Crippen LogP contribution < -0.4 is 5.32 Å². The van der Waals surface area contributed by atoms with Crippen LogP contribution in [0.3, 0.4) is 0 Å². The minimum atomic E-state index is -4.64. The third-order valence-corrected chi connectivity index (χ3v) is 9.52. The first-order chi connectivity index (χ1) is 20.1. The molecule has 0 aromatic heterocycles. The average molecular weight is 608 g/mol. The smallest absolute Gasteiger partial charge is 0.404 e. The highest BCUT2D eigenvalue weighted by atomic mass is 32.2. The molecular formula is C28H37N3O10S. The zero-order chi connectivity index (χ0) is 30.4. The molecule has 42 heavy (non-hydrogen) atoms. The number of nitrogens with one attached hydrogen (secondary N) is 1. The standard InChI is InChI=1S/C28H37N3O10S/c1-3-20(4-2)41-31(42(37,38)21-12-8-11-19(16-21)30(35)36)25(23-17-40-27-22(23)13-14-39-27)26(32)24(29-28(33)34)15-18-9-6-5-7-10-18/h5-12,16,20,22-27,29,32H,3-4,13-15,17H2,1-2H3,(H,33,34)/t22-,23+,24-,25?,26+,27+/m0/s1. The molecule has 1 unspecified atom stereocenters. The summed E-state index contributed by atoms with van der Waals surface area (Å²) in [5, 5.41) is 35.6. The Balaban J connectivity index is 1.85. The predicted octanol–water partition coefficient (Wildman–Crippen LogP) is 3.32. The largest absolute Gasteiger partial charge is 0.465 e. The van der Waals surface area contributed by atoms with Crippen LogP contribution in [0.5, 0.6) is 0 Å². The van der Waals surface area contributed by atoms with Crippen molar-refractivity contribution in [1.29, 1.82) is 0 Å². The van der Waals surface area contributed by atoms with Gasteiger partial charge in [-0.15, -0.1) is 0 Å². The number of aliphatic hydroxyl groups is 1. The average Bonchev–Trinajstić information content (AvgIpc) is 3.60. The normalized spacial score (nSPS) is 22.5. The molecule has 2 aromatic rings. The molecular weight excluding hydrogens is 570 g/mol. The molecule has 2 aromatic carbocycles. The van der Waals surface area contributed by atoms with Gasteiger partial charge in [0, 0.05) is 24.0 Å². The van der Waals surface area contributed by atoms with Gasteiger partial charge >= 0.3 is 6.09 Å². The molecule has 230 valence electrons. The van der Waals surface area contributed by atoms with E-state index in [1.165, 1.54) is 18.2 Å². The number of carboxylic acid groups (broad SMARTS) is 1. The van der Waals surface area contributed by atoms with Crippen molar-refractivity contribution in [1.82, 2.24) is 9.79 Å². The molecule has 2 aliphatic heterocycles. The van der Waals surface area contributed by atoms with Gasteiger partial charge < -0.3 is 25.0 Å². The topological polar surface area (TPSA) is 178 Å². The number of hydrogen-bond donors (Lipinski definition) is 3. The maximum atomic E-state index is 14.3. The van der Waals surface area contributed by atoms with Crippen LogP contribution in [0.15, 0.2) is 59.5 Å². The first kappa shape index (κ1) is 31.8. The summed E-state index contributed by atoms with van der Waals surface area (Å²) in [5.41, 5.74) is 0.284. The van der Waals surface area contributed by atoms with Gasteiger partial charge in [-0.05, 0) is 37.3 Å². The van der Waals surface area contributed by atoms with Crippen molar-refractivity contribution in [2.75, 3.05) is 13.2 Å². The number of hydroxylamine groups is 1. The third kappa shape index (κ3) is 7.07. The number of sulfonamides is 1. The van der Waals surface area contributed by atoms with E-state index in [1.807, 2.05) is 13.8 Å². The predicted molar refractivity (Wildman–Crippen MR) is 150 cm³/mol. The summed E-state index contributed by atoms with van der Waals surface area (Å²) in [6, 6.07) is 11.0. The second-order valence-electron chi connectivity index (χ2n) is 10.5. The maximum Gasteiger partial charge on any atom is 0.404 e. The second-order valence-corrected chi connectivity index (χ2v) is 12.3. The van der Waals surface area contributed by atoms with Crippen molar-refractivity contribution in [2.45, 2.75) is 75.0 Å². The van der Waals surface area contributed by atoms with E-state index in [0.717, 1.165) is 10.5 Å². The minimum Gasteiger partial charge on any atom is -0.465 e. The van der Waals surface area contributed by atoms with Crippen molar-refractivity contribution >= 4 is 21.8 Å². The molecule has 0 aliphatic carbocycles. The number of nitro groups is 1. The molecule has 0 radical (unpaired) electrons. The Morgan fingerprint density at radius 1 is 1.17 bits per heavy atom. The number of amides is 1. The summed E-state index contributed by atoms with van der Waals surface area (Å²) >= 11 is 0. The maximum absolute atomic E-state index is 14.3. The number of carbonyl (C=O) groups is 1. The van der Waals surface area contributed by atoms with Crippen molar-refractivity contribution in [3.63, 3.8) is 0 Å². The highest BCUT2D eigenvalue weighted by molar-refractivity contribution is 7.89. The number of rotatable bonds is 14. The van der Waals surface area contributed by atoms with Crippen LogP contribution in [0.25, 0.3) is 0 Å². The summed E-state index contributed by atoms with van der Waals surface area (Å²) in [6.07, 6.45) is -2.77. The Bertz CT molecular complexity index is 1320. The van der Waals surface area contributed by atoms with Gasteiger partial charge in [0.1, 0.15) is 0 Å². The highest BCUT2D eigenvalue weighted by Gasteiger charge is 2.53. The highest BCUT2D eigenvalue weighted by Crippen LogP contribution is 2.42. The first-order valence-corrected chi connectivity index (χ1v) is 15.4. The molecule has 2 aliphatic rings. The molecule has 2 heterocycles. The minimum absolute atomic E-state index is 0.0232. The Kier molecular flexibility index (Phi) is 10.5. The van der Waals surface area contributed by atoms with Crippen LogP contribution in [-0.2, 0) is 30.8 Å². The Morgan fingerprint density at radius 2 is 1.88 bits per heavy atom. The van der Waals surface area contributed by atoms with Crippen LogP contribution in [-0.4, -0.2) is 77.9 Å². The molecule has 1 amide bonds. The number of benzene rings is 2. The lowest BCUT2D eigenvalue weighted by Crippen LogP contribution is -2.60. The van der Waals surface area contributed by atoms with Gasteiger partial charge in [-0.2, -0.15) is 0 Å². The lowest BCUT2D eigenvalue weighted by Gasteiger charge is -2.41. The quantitative estimate of drug-likeness (QED) is 0.213. The summed E-state index contributed by atoms with van der Waals surface area (Å²) in [6.45, 7) is 4.04. The number of fused-ring (bicyclic) bond motifs is 1. The molecule has 13 nitrogen and oxygen atoms in total. The van der Waals surface area contributed by atoms with Crippen LogP contribution in [0.2, 0.25) is 0 Å². The fourth-order valence-corrected chi connectivity index (χ4v) is 7.20. The third-order valence-electron chi connectivity index (χ3n) is 7.86. The van der Waals surface area contributed by atoms with Gasteiger partial charge in [0.25, 0.3) is 15.7 Å². The fourth-order valence-electron chi connectivity index (χ4n) is 5.64. The monoisotopic (exact) mass is 607 g/mol. The number of ether oxygens (including phenoxy) is 2. The lowest BCUT2D eigenvalue weighted by atomic mass is 9.82. The van der Waals surface area contributed by atoms with Crippen LogP contribution >= 0.6 is 0 Å². The zero-order valence-electron chi connectivity index (χ0n) is 23.4. The lowest BCUT2D eigenvalue weighted by molar-refractivity contribution is -0.385.